The molecule has 10 aromatic rings. The molecular formula is C61H42B2N4S2. The molecule has 0 unspecified atom stereocenters. The number of rotatable bonds is 7. The van der Waals surface area contributed by atoms with Gasteiger partial charge in [0.25, 0.3) is 6.71 Å². The monoisotopic (exact) mass is 916 g/mol. The smallest absolute Gasteiger partial charge is 0.252 e. The van der Waals surface area contributed by atoms with E-state index in [0.717, 1.165) is 39.8 Å². The number of anilines is 11. The number of nitrogens with zero attached hydrogens (tertiary/aromatic N) is 4. The lowest BCUT2D eigenvalue weighted by Gasteiger charge is -2.45. The lowest BCUT2D eigenvalue weighted by Crippen LogP contribution is -2.64. The summed E-state index contributed by atoms with van der Waals surface area (Å²) in [5.74, 6) is 0. The summed E-state index contributed by atoms with van der Waals surface area (Å²) in [7, 11) is 2.28. The third kappa shape index (κ3) is 6.43. The van der Waals surface area contributed by atoms with Gasteiger partial charge in [-0.2, -0.15) is 0 Å². The number of fused-ring (bicyclic) bond motifs is 8. The maximum absolute atomic E-state index is 2.60. The molecule has 0 bridgehead atoms. The van der Waals surface area contributed by atoms with Crippen LogP contribution < -0.4 is 52.4 Å². The van der Waals surface area contributed by atoms with Crippen LogP contribution in [0.4, 0.5) is 62.6 Å². The van der Waals surface area contributed by atoms with E-state index in [1.165, 1.54) is 75.1 Å². The Balaban J connectivity index is 0.999. The van der Waals surface area contributed by atoms with Gasteiger partial charge in [0.15, 0.2) is 0 Å². The van der Waals surface area contributed by atoms with Crippen LogP contribution in [0.3, 0.4) is 0 Å². The third-order valence-corrected chi connectivity index (χ3v) is 16.6. The Morgan fingerprint density at radius 2 is 0.783 bits per heavy atom. The predicted octanol–water partition coefficient (Wildman–Crippen LogP) is 12.5. The second kappa shape index (κ2) is 16.2. The van der Waals surface area contributed by atoms with E-state index in [1.807, 2.05) is 23.5 Å². The molecule has 4 heterocycles. The Hall–Kier alpha value is -7.77. The van der Waals surface area contributed by atoms with Crippen molar-refractivity contribution in [3.8, 4) is 0 Å². The first-order chi connectivity index (χ1) is 34.2. The minimum absolute atomic E-state index is 0.00497. The topological polar surface area (TPSA) is 13.0 Å². The van der Waals surface area contributed by atoms with Crippen LogP contribution in [0.25, 0.3) is 0 Å². The molecule has 0 aliphatic carbocycles. The van der Waals surface area contributed by atoms with Crippen LogP contribution in [0.1, 0.15) is 0 Å². The van der Waals surface area contributed by atoms with Crippen LogP contribution in [-0.2, 0) is 0 Å². The van der Waals surface area contributed by atoms with E-state index in [1.54, 1.807) is 0 Å². The van der Waals surface area contributed by atoms with Crippen LogP contribution >= 0.6 is 23.5 Å². The van der Waals surface area contributed by atoms with Crippen molar-refractivity contribution >= 4 is 132 Å². The van der Waals surface area contributed by atoms with Crippen molar-refractivity contribution in [3.05, 3.63) is 237 Å². The van der Waals surface area contributed by atoms with Gasteiger partial charge in [-0.05, 0) is 125 Å². The van der Waals surface area contributed by atoms with Crippen LogP contribution in [0.5, 0.6) is 0 Å². The number of para-hydroxylation sites is 6. The van der Waals surface area contributed by atoms with Crippen molar-refractivity contribution in [2.24, 2.45) is 0 Å². The highest BCUT2D eigenvalue weighted by molar-refractivity contribution is 8.01. The third-order valence-electron chi connectivity index (χ3n) is 14.3. The van der Waals surface area contributed by atoms with Gasteiger partial charge in [-0.25, -0.2) is 0 Å². The lowest BCUT2D eigenvalue weighted by molar-refractivity contribution is 1.18. The molecule has 69 heavy (non-hydrogen) atoms. The van der Waals surface area contributed by atoms with Gasteiger partial charge in [-0.15, -0.1) is 0 Å². The van der Waals surface area contributed by atoms with E-state index in [0.29, 0.717) is 0 Å². The van der Waals surface area contributed by atoms with Gasteiger partial charge in [-0.3, -0.25) is 0 Å². The van der Waals surface area contributed by atoms with E-state index in [9.17, 15) is 0 Å². The summed E-state index contributed by atoms with van der Waals surface area (Å²) < 4.78 is 0. The van der Waals surface area contributed by atoms with Crippen molar-refractivity contribution < 1.29 is 0 Å². The van der Waals surface area contributed by atoms with Crippen LogP contribution in [0.15, 0.2) is 256 Å². The van der Waals surface area contributed by atoms with E-state index in [-0.39, 0.29) is 13.4 Å². The van der Waals surface area contributed by atoms with Gasteiger partial charge in [0, 0.05) is 83.5 Å². The van der Waals surface area contributed by atoms with Gasteiger partial charge < -0.3 is 19.6 Å². The number of benzene rings is 10. The summed E-state index contributed by atoms with van der Waals surface area (Å²) in [6.07, 6.45) is 0. The maximum Gasteiger partial charge on any atom is 0.252 e. The number of hydrogen-bond donors (Lipinski definition) is 0. The molecule has 0 aromatic heterocycles. The first-order valence-electron chi connectivity index (χ1n) is 23.6. The molecule has 0 saturated carbocycles. The molecule has 8 heteroatoms. The normalized spacial score (nSPS) is 13.3. The lowest BCUT2D eigenvalue weighted by atomic mass is 9.31. The molecular weight excluding hydrogens is 874 g/mol. The fraction of sp³-hybridized carbons (Fsp3) is 0.0164. The molecule has 0 N–H and O–H groups in total. The van der Waals surface area contributed by atoms with Crippen molar-refractivity contribution in [1.82, 2.24) is 0 Å². The Kier molecular flexibility index (Phi) is 9.46. The minimum Gasteiger partial charge on any atom is -0.345 e. The second-order valence-electron chi connectivity index (χ2n) is 18.1. The Morgan fingerprint density at radius 1 is 0.319 bits per heavy atom. The Labute approximate surface area is 412 Å². The first-order valence-corrected chi connectivity index (χ1v) is 25.3. The highest BCUT2D eigenvalue weighted by Gasteiger charge is 2.46. The van der Waals surface area contributed by atoms with Crippen LogP contribution in [0, 0.1) is 0 Å². The van der Waals surface area contributed by atoms with Crippen molar-refractivity contribution in [1.29, 1.82) is 0 Å². The quantitative estimate of drug-likeness (QED) is 0.147. The molecule has 0 fully saturated rings. The van der Waals surface area contributed by atoms with Gasteiger partial charge in [-0.1, -0.05) is 168 Å². The van der Waals surface area contributed by atoms with Gasteiger partial charge in [0.1, 0.15) is 0 Å². The van der Waals surface area contributed by atoms with Crippen molar-refractivity contribution in [2.45, 2.75) is 19.6 Å². The fourth-order valence-electron chi connectivity index (χ4n) is 11.4. The average Bonchev–Trinajstić information content (AvgIpc) is 3.41. The van der Waals surface area contributed by atoms with Crippen LogP contribution in [0.2, 0.25) is 0 Å². The first kappa shape index (κ1) is 40.3. The van der Waals surface area contributed by atoms with E-state index in [2.05, 4.69) is 263 Å². The maximum atomic E-state index is 2.60. The molecule has 10 aromatic carbocycles. The van der Waals surface area contributed by atoms with Gasteiger partial charge >= 0.3 is 0 Å². The van der Waals surface area contributed by atoms with E-state index >= 15 is 0 Å². The SMILES string of the molecule is CN1c2cc3c(cc2B2c4ccccc4N(c4ccccc4)c4cc(N(c5ccccc5)c5ccccc5)cc1c42)B1c2ccccc2Sc2cc(N(c4ccccc4)c4ccccc4)cc(c21)S3. The van der Waals surface area contributed by atoms with E-state index in [4.69, 9.17) is 0 Å². The molecule has 14 rings (SSSR count). The summed E-state index contributed by atoms with van der Waals surface area (Å²) in [6, 6.07) is 87.2. The Bertz CT molecular complexity index is 3540. The second-order valence-corrected chi connectivity index (χ2v) is 20.3. The van der Waals surface area contributed by atoms with Crippen molar-refractivity contribution in [2.75, 3.05) is 26.6 Å². The molecule has 4 nitrogen and oxygen atoms in total. The average molecular weight is 917 g/mol. The molecule has 4 aliphatic rings. The number of hydrogen-bond acceptors (Lipinski definition) is 6. The summed E-state index contributed by atoms with van der Waals surface area (Å²) in [5, 5.41) is 0. The zero-order valence-corrected chi connectivity index (χ0v) is 39.4. The summed E-state index contributed by atoms with van der Waals surface area (Å²) in [5.41, 5.74) is 20.9. The zero-order valence-electron chi connectivity index (χ0n) is 37.8. The molecule has 0 radical (unpaired) electrons. The zero-order chi connectivity index (χ0) is 45.6. The molecule has 4 aliphatic heterocycles. The highest BCUT2D eigenvalue weighted by Crippen LogP contribution is 2.48. The molecule has 0 atom stereocenters. The Morgan fingerprint density at radius 3 is 1.38 bits per heavy atom. The highest BCUT2D eigenvalue weighted by atomic mass is 32.2. The molecule has 0 spiro atoms. The largest absolute Gasteiger partial charge is 0.345 e. The molecule has 324 valence electrons. The van der Waals surface area contributed by atoms with E-state index < -0.39 is 0 Å². The van der Waals surface area contributed by atoms with Gasteiger partial charge in [0.05, 0.1) is 5.69 Å². The molecule has 0 saturated heterocycles. The van der Waals surface area contributed by atoms with Gasteiger partial charge in [0.2, 0.25) is 6.71 Å². The standard InChI is InChI=1S/C61H42B2N4S2/c1-64-53-40-57-51(63-49-32-18-20-34-56(49)68-58-37-47(38-59(69-57)61(58)63)66(43-25-11-4-12-26-43)44-27-13-5-14-28-44)39-50(53)62-48-31-17-19-33-52(48)67(45-29-15-6-16-30-45)55-36-46(35-54(64)60(55)62)65(41-21-7-2-8-22-41)42-23-9-3-10-24-42/h2-40H,1H3. The molecule has 0 amide bonds. The van der Waals surface area contributed by atoms with Crippen molar-refractivity contribution in [3.63, 3.8) is 0 Å². The summed E-state index contributed by atoms with van der Waals surface area (Å²) in [4.78, 5) is 15.0. The summed E-state index contributed by atoms with van der Waals surface area (Å²) in [6.45, 7) is 0.0915. The predicted molar refractivity (Wildman–Crippen MR) is 295 cm³/mol. The summed E-state index contributed by atoms with van der Waals surface area (Å²) >= 11 is 3.84. The van der Waals surface area contributed by atoms with Crippen LogP contribution in [-0.4, -0.2) is 20.5 Å². The minimum atomic E-state index is 0.00497. The fourth-order valence-corrected chi connectivity index (χ4v) is 13.9.